The molecule has 0 bridgehead atoms. The van der Waals surface area contributed by atoms with Crippen LogP contribution < -0.4 is 10.6 Å². The second-order valence-electron chi connectivity index (χ2n) is 3.30. The highest BCUT2D eigenvalue weighted by atomic mass is 16.3. The Morgan fingerprint density at radius 3 is 3.08 bits per heavy atom. The van der Waals surface area contributed by atoms with Crippen molar-refractivity contribution in [3.05, 3.63) is 0 Å². The van der Waals surface area contributed by atoms with Crippen LogP contribution in [0.5, 0.6) is 0 Å². The van der Waals surface area contributed by atoms with Crippen LogP contribution in [0.4, 0.5) is 0 Å². The van der Waals surface area contributed by atoms with E-state index in [9.17, 15) is 4.79 Å². The highest BCUT2D eigenvalue weighted by Gasteiger charge is 2.17. The predicted octanol–water partition coefficient (Wildman–Crippen LogP) is -0.765. The Morgan fingerprint density at radius 1 is 1.83 bits per heavy atom. The third-order valence-electron chi connectivity index (χ3n) is 1.97. The van der Waals surface area contributed by atoms with E-state index in [-0.39, 0.29) is 12.0 Å². The van der Waals surface area contributed by atoms with Crippen molar-refractivity contribution >= 4 is 5.91 Å². The number of carbonyl (C=O) groups excluding carboxylic acids is 1. The fourth-order valence-electron chi connectivity index (χ4n) is 1.24. The third kappa shape index (κ3) is 3.19. The van der Waals surface area contributed by atoms with Crippen molar-refractivity contribution in [1.29, 1.82) is 0 Å². The number of amides is 1. The standard InChI is InChI=1S/C8H16N2O2/c1-6(11)4-9-7-2-3-8(12)10-5-7/h6-7,9,11H,2-5H2,1H3,(H,10,12)/t6-,7?/m1/s1. The molecule has 0 aromatic heterocycles. The maximum Gasteiger partial charge on any atom is 0.220 e. The molecule has 2 atom stereocenters. The summed E-state index contributed by atoms with van der Waals surface area (Å²) in [7, 11) is 0. The van der Waals surface area contributed by atoms with E-state index in [0.29, 0.717) is 25.6 Å². The van der Waals surface area contributed by atoms with Gasteiger partial charge in [0.1, 0.15) is 0 Å². The van der Waals surface area contributed by atoms with Crippen molar-refractivity contribution in [3.63, 3.8) is 0 Å². The molecule has 1 rings (SSSR count). The van der Waals surface area contributed by atoms with Crippen LogP contribution in [0.1, 0.15) is 19.8 Å². The van der Waals surface area contributed by atoms with Crippen LogP contribution in [0.2, 0.25) is 0 Å². The molecule has 0 aliphatic carbocycles. The largest absolute Gasteiger partial charge is 0.392 e. The van der Waals surface area contributed by atoms with Gasteiger partial charge in [0.05, 0.1) is 6.10 Å². The van der Waals surface area contributed by atoms with E-state index in [0.717, 1.165) is 6.42 Å². The molecule has 4 nitrogen and oxygen atoms in total. The fraction of sp³-hybridized carbons (Fsp3) is 0.875. The number of nitrogens with one attached hydrogen (secondary N) is 2. The first-order valence-electron chi connectivity index (χ1n) is 4.36. The molecule has 1 saturated heterocycles. The number of hydrogen-bond donors (Lipinski definition) is 3. The van der Waals surface area contributed by atoms with E-state index >= 15 is 0 Å². The summed E-state index contributed by atoms with van der Waals surface area (Å²) in [6.07, 6.45) is 1.15. The van der Waals surface area contributed by atoms with Gasteiger partial charge in [-0.2, -0.15) is 0 Å². The van der Waals surface area contributed by atoms with Gasteiger partial charge in [-0.3, -0.25) is 4.79 Å². The lowest BCUT2D eigenvalue weighted by atomic mass is 10.1. The average molecular weight is 172 g/mol. The molecular formula is C8H16N2O2. The molecule has 1 amide bonds. The second-order valence-corrected chi connectivity index (χ2v) is 3.30. The van der Waals surface area contributed by atoms with Gasteiger partial charge < -0.3 is 15.7 Å². The van der Waals surface area contributed by atoms with Crippen LogP contribution in [0.15, 0.2) is 0 Å². The van der Waals surface area contributed by atoms with Crippen LogP contribution >= 0.6 is 0 Å². The molecule has 0 saturated carbocycles. The van der Waals surface area contributed by atoms with Crippen LogP contribution in [0.3, 0.4) is 0 Å². The summed E-state index contributed by atoms with van der Waals surface area (Å²) < 4.78 is 0. The topological polar surface area (TPSA) is 61.4 Å². The highest BCUT2D eigenvalue weighted by Crippen LogP contribution is 2.01. The van der Waals surface area contributed by atoms with Gasteiger partial charge in [-0.1, -0.05) is 0 Å². The summed E-state index contributed by atoms with van der Waals surface area (Å²) in [5.41, 5.74) is 0. The Kier molecular flexibility index (Phi) is 3.49. The molecule has 12 heavy (non-hydrogen) atoms. The van der Waals surface area contributed by atoms with Gasteiger partial charge in [0, 0.05) is 25.6 Å². The number of aliphatic hydroxyl groups is 1. The van der Waals surface area contributed by atoms with Crippen molar-refractivity contribution in [3.8, 4) is 0 Å². The zero-order valence-corrected chi connectivity index (χ0v) is 7.34. The van der Waals surface area contributed by atoms with Crippen LogP contribution in [0, 0.1) is 0 Å². The van der Waals surface area contributed by atoms with Gasteiger partial charge in [0.2, 0.25) is 5.91 Å². The first-order valence-corrected chi connectivity index (χ1v) is 4.36. The molecule has 1 aliphatic heterocycles. The molecular weight excluding hydrogens is 156 g/mol. The molecule has 3 N–H and O–H groups in total. The number of rotatable bonds is 3. The summed E-state index contributed by atoms with van der Waals surface area (Å²) >= 11 is 0. The third-order valence-corrected chi connectivity index (χ3v) is 1.97. The average Bonchev–Trinajstić information content (AvgIpc) is 2.03. The Balaban J connectivity index is 2.13. The van der Waals surface area contributed by atoms with Crippen molar-refractivity contribution < 1.29 is 9.90 Å². The second kappa shape index (κ2) is 4.42. The fourth-order valence-corrected chi connectivity index (χ4v) is 1.24. The zero-order chi connectivity index (χ0) is 8.97. The smallest absolute Gasteiger partial charge is 0.220 e. The van der Waals surface area contributed by atoms with Gasteiger partial charge in [0.15, 0.2) is 0 Å². The molecule has 1 heterocycles. The molecule has 1 unspecified atom stereocenters. The lowest BCUT2D eigenvalue weighted by Gasteiger charge is -2.24. The molecule has 4 heteroatoms. The van der Waals surface area contributed by atoms with Gasteiger partial charge in [-0.05, 0) is 13.3 Å². The lowest BCUT2D eigenvalue weighted by molar-refractivity contribution is -0.122. The predicted molar refractivity (Wildman–Crippen MR) is 45.7 cm³/mol. The molecule has 1 aliphatic rings. The first kappa shape index (κ1) is 9.48. The van der Waals surface area contributed by atoms with Crippen molar-refractivity contribution in [2.75, 3.05) is 13.1 Å². The Hall–Kier alpha value is -0.610. The number of aliphatic hydroxyl groups excluding tert-OH is 1. The number of hydrogen-bond acceptors (Lipinski definition) is 3. The van der Waals surface area contributed by atoms with Crippen LogP contribution in [-0.2, 0) is 4.79 Å². The minimum absolute atomic E-state index is 0.130. The minimum atomic E-state index is -0.317. The summed E-state index contributed by atoms with van der Waals surface area (Å²) in [6, 6.07) is 0.331. The summed E-state index contributed by atoms with van der Waals surface area (Å²) in [5.74, 6) is 0.130. The van der Waals surface area contributed by atoms with Crippen LogP contribution in [-0.4, -0.2) is 36.2 Å². The highest BCUT2D eigenvalue weighted by molar-refractivity contribution is 5.76. The Morgan fingerprint density at radius 2 is 2.58 bits per heavy atom. The van der Waals surface area contributed by atoms with E-state index in [1.54, 1.807) is 6.92 Å². The van der Waals surface area contributed by atoms with Crippen molar-refractivity contribution in [2.45, 2.75) is 31.9 Å². The minimum Gasteiger partial charge on any atom is -0.392 e. The summed E-state index contributed by atoms with van der Waals surface area (Å²) in [6.45, 7) is 3.03. The number of carbonyl (C=O) groups is 1. The van der Waals surface area contributed by atoms with Crippen molar-refractivity contribution in [1.82, 2.24) is 10.6 Å². The van der Waals surface area contributed by atoms with Gasteiger partial charge >= 0.3 is 0 Å². The molecule has 0 spiro atoms. The van der Waals surface area contributed by atoms with Gasteiger partial charge in [-0.15, -0.1) is 0 Å². The summed E-state index contributed by atoms with van der Waals surface area (Å²) in [4.78, 5) is 10.8. The maximum atomic E-state index is 10.8. The lowest BCUT2D eigenvalue weighted by Crippen LogP contribution is -2.47. The maximum absolute atomic E-state index is 10.8. The van der Waals surface area contributed by atoms with E-state index in [4.69, 9.17) is 5.11 Å². The van der Waals surface area contributed by atoms with Crippen LogP contribution in [0.25, 0.3) is 0 Å². The Labute approximate surface area is 72.3 Å². The molecule has 0 aromatic rings. The molecule has 1 fully saturated rings. The number of piperidine rings is 1. The monoisotopic (exact) mass is 172 g/mol. The zero-order valence-electron chi connectivity index (χ0n) is 7.34. The van der Waals surface area contributed by atoms with Gasteiger partial charge in [-0.25, -0.2) is 0 Å². The summed E-state index contributed by atoms with van der Waals surface area (Å²) in [5, 5.41) is 14.9. The van der Waals surface area contributed by atoms with E-state index in [2.05, 4.69) is 10.6 Å². The molecule has 70 valence electrons. The SMILES string of the molecule is C[C@@H](O)CNC1CCC(=O)NC1. The van der Waals surface area contributed by atoms with E-state index in [1.165, 1.54) is 0 Å². The van der Waals surface area contributed by atoms with E-state index < -0.39 is 0 Å². The quantitative estimate of drug-likeness (QED) is 0.524. The van der Waals surface area contributed by atoms with E-state index in [1.807, 2.05) is 0 Å². The first-order chi connectivity index (χ1) is 5.68. The molecule has 0 aromatic carbocycles. The molecule has 0 radical (unpaired) electrons. The normalized spacial score (nSPS) is 26.5. The van der Waals surface area contributed by atoms with Crippen molar-refractivity contribution in [2.24, 2.45) is 0 Å². The Bertz CT molecular complexity index is 149. The van der Waals surface area contributed by atoms with Gasteiger partial charge in [0.25, 0.3) is 0 Å².